The third-order valence-corrected chi connectivity index (χ3v) is 4.62. The number of urea groups is 1. The van der Waals surface area contributed by atoms with Gasteiger partial charge in [0.1, 0.15) is 5.82 Å². The van der Waals surface area contributed by atoms with Gasteiger partial charge in [0.05, 0.1) is 17.6 Å². The van der Waals surface area contributed by atoms with Gasteiger partial charge in [-0.15, -0.1) is 0 Å². The molecular formula is C20H26FN5O. The number of nitrogens with one attached hydrogen (secondary N) is 4. The van der Waals surface area contributed by atoms with E-state index >= 15 is 0 Å². The lowest BCUT2D eigenvalue weighted by Gasteiger charge is -2.24. The van der Waals surface area contributed by atoms with Gasteiger partial charge in [-0.3, -0.25) is 4.98 Å². The van der Waals surface area contributed by atoms with E-state index in [4.69, 9.17) is 0 Å². The van der Waals surface area contributed by atoms with E-state index in [1.165, 1.54) is 0 Å². The topological polar surface area (TPSA) is 78.1 Å². The van der Waals surface area contributed by atoms with Crippen LogP contribution in [0.4, 0.5) is 20.6 Å². The molecule has 1 aromatic carbocycles. The van der Waals surface area contributed by atoms with E-state index < -0.39 is 6.03 Å². The normalized spacial score (nSPS) is 16.7. The number of piperazine rings is 1. The van der Waals surface area contributed by atoms with E-state index in [0.29, 0.717) is 23.7 Å². The monoisotopic (exact) mass is 371 g/mol. The smallest absolute Gasteiger partial charge is 0.314 e. The van der Waals surface area contributed by atoms with Crippen molar-refractivity contribution in [3.63, 3.8) is 0 Å². The van der Waals surface area contributed by atoms with Crippen molar-refractivity contribution in [2.24, 2.45) is 0 Å². The summed E-state index contributed by atoms with van der Waals surface area (Å²) in [6.45, 7) is 4.80. The number of amides is 2. The second-order valence-corrected chi connectivity index (χ2v) is 6.79. The summed E-state index contributed by atoms with van der Waals surface area (Å²) in [7, 11) is 0. The number of anilines is 2. The van der Waals surface area contributed by atoms with E-state index in [-0.39, 0.29) is 11.5 Å². The first kappa shape index (κ1) is 19.3. The largest absolute Gasteiger partial charge is 0.323 e. The van der Waals surface area contributed by atoms with Crippen LogP contribution in [0.25, 0.3) is 0 Å². The van der Waals surface area contributed by atoms with Crippen molar-refractivity contribution in [1.82, 2.24) is 15.6 Å². The van der Waals surface area contributed by atoms with Gasteiger partial charge in [-0.2, -0.15) is 0 Å². The number of carbonyl (C=O) groups excluding carboxylic acids is 1. The molecule has 1 unspecified atom stereocenters. The van der Waals surface area contributed by atoms with E-state index in [2.05, 4.69) is 26.3 Å². The number of hydrogen-bond donors (Lipinski definition) is 4. The van der Waals surface area contributed by atoms with Crippen LogP contribution in [0.15, 0.2) is 36.5 Å². The van der Waals surface area contributed by atoms with Gasteiger partial charge in [0, 0.05) is 31.4 Å². The zero-order valence-corrected chi connectivity index (χ0v) is 15.5. The lowest BCUT2D eigenvalue weighted by molar-refractivity contribution is 0.262. The maximum atomic E-state index is 14.7. The molecule has 1 aromatic heterocycles. The minimum Gasteiger partial charge on any atom is -0.314 e. The van der Waals surface area contributed by atoms with Crippen LogP contribution in [-0.4, -0.2) is 36.7 Å². The van der Waals surface area contributed by atoms with Crippen LogP contribution in [0, 0.1) is 12.7 Å². The van der Waals surface area contributed by atoms with Gasteiger partial charge < -0.3 is 21.3 Å². The van der Waals surface area contributed by atoms with Crippen molar-refractivity contribution in [1.29, 1.82) is 0 Å². The zero-order valence-electron chi connectivity index (χ0n) is 15.5. The lowest BCUT2D eigenvalue weighted by atomic mass is 10.0. The van der Waals surface area contributed by atoms with Crippen LogP contribution in [0.2, 0.25) is 0 Å². The highest BCUT2D eigenvalue weighted by Gasteiger charge is 2.14. The first-order chi connectivity index (χ1) is 13.1. The standard InChI is InChI=1S/C20H26FN5O/c1-14-8-9-17(13-24-14)25-20(27)26-18-7-3-5-15(19(18)21)4-2-6-16-12-22-10-11-23-16/h3,5,7-9,13,16,22-23H,2,4,6,10-12H2,1H3,(H2,25,26,27). The fourth-order valence-electron chi connectivity index (χ4n) is 3.15. The molecule has 2 amide bonds. The molecule has 144 valence electrons. The fraction of sp³-hybridized carbons (Fsp3) is 0.400. The fourth-order valence-corrected chi connectivity index (χ4v) is 3.15. The lowest BCUT2D eigenvalue weighted by Crippen LogP contribution is -2.48. The first-order valence-corrected chi connectivity index (χ1v) is 9.34. The molecule has 2 heterocycles. The number of halogens is 1. The number of pyridine rings is 1. The maximum Gasteiger partial charge on any atom is 0.323 e. The predicted molar refractivity (Wildman–Crippen MR) is 106 cm³/mol. The van der Waals surface area contributed by atoms with E-state index in [1.807, 2.05) is 6.92 Å². The second kappa shape index (κ2) is 9.43. The third-order valence-electron chi connectivity index (χ3n) is 4.62. The molecular weight excluding hydrogens is 345 g/mol. The van der Waals surface area contributed by atoms with Crippen LogP contribution in [0.5, 0.6) is 0 Å². The summed E-state index contributed by atoms with van der Waals surface area (Å²) in [6.07, 6.45) is 4.09. The summed E-state index contributed by atoms with van der Waals surface area (Å²) in [6, 6.07) is 8.61. The Labute approximate surface area is 159 Å². The summed E-state index contributed by atoms with van der Waals surface area (Å²) in [5, 5.41) is 12.0. The van der Waals surface area contributed by atoms with Gasteiger partial charge in [-0.1, -0.05) is 12.1 Å². The molecule has 4 N–H and O–H groups in total. The Hall–Kier alpha value is -2.51. The molecule has 1 fully saturated rings. The van der Waals surface area contributed by atoms with Crippen molar-refractivity contribution in [2.75, 3.05) is 30.3 Å². The molecule has 0 bridgehead atoms. The number of aryl methyl sites for hydroxylation is 2. The molecule has 2 aromatic rings. The Morgan fingerprint density at radius 2 is 2.15 bits per heavy atom. The Balaban J connectivity index is 1.53. The molecule has 1 atom stereocenters. The van der Waals surface area contributed by atoms with Crippen LogP contribution in [-0.2, 0) is 6.42 Å². The zero-order chi connectivity index (χ0) is 19.1. The quantitative estimate of drug-likeness (QED) is 0.629. The highest BCUT2D eigenvalue weighted by Crippen LogP contribution is 2.20. The molecule has 0 aliphatic carbocycles. The molecule has 6 nitrogen and oxygen atoms in total. The first-order valence-electron chi connectivity index (χ1n) is 9.34. The van der Waals surface area contributed by atoms with Crippen molar-refractivity contribution >= 4 is 17.4 Å². The van der Waals surface area contributed by atoms with E-state index in [0.717, 1.165) is 38.2 Å². The van der Waals surface area contributed by atoms with Crippen LogP contribution >= 0.6 is 0 Å². The highest BCUT2D eigenvalue weighted by atomic mass is 19.1. The minimum atomic E-state index is -0.491. The number of hydrogen-bond acceptors (Lipinski definition) is 4. The number of benzene rings is 1. The molecule has 1 aliphatic heterocycles. The Bertz CT molecular complexity index is 759. The third kappa shape index (κ3) is 5.74. The summed E-state index contributed by atoms with van der Waals surface area (Å²) in [5.74, 6) is -0.371. The number of carbonyl (C=O) groups is 1. The molecule has 3 rings (SSSR count). The predicted octanol–water partition coefficient (Wildman–Crippen LogP) is 3.06. The highest BCUT2D eigenvalue weighted by molar-refractivity contribution is 5.99. The molecule has 0 spiro atoms. The van der Waals surface area contributed by atoms with Crippen LogP contribution in [0.1, 0.15) is 24.1 Å². The van der Waals surface area contributed by atoms with Gasteiger partial charge in [-0.25, -0.2) is 9.18 Å². The van der Waals surface area contributed by atoms with Gasteiger partial charge in [0.15, 0.2) is 0 Å². The summed E-state index contributed by atoms with van der Waals surface area (Å²) in [4.78, 5) is 16.2. The Kier molecular flexibility index (Phi) is 6.73. The number of nitrogens with zero attached hydrogens (tertiary/aromatic N) is 1. The maximum absolute atomic E-state index is 14.7. The van der Waals surface area contributed by atoms with E-state index in [1.54, 1.807) is 36.5 Å². The number of rotatable bonds is 6. The van der Waals surface area contributed by atoms with Crippen molar-refractivity contribution < 1.29 is 9.18 Å². The average Bonchev–Trinajstić information content (AvgIpc) is 2.67. The molecule has 0 saturated carbocycles. The second-order valence-electron chi connectivity index (χ2n) is 6.79. The van der Waals surface area contributed by atoms with Gasteiger partial charge in [0.25, 0.3) is 0 Å². The summed E-state index contributed by atoms with van der Waals surface area (Å²) < 4.78 is 14.7. The summed E-state index contributed by atoms with van der Waals surface area (Å²) in [5.41, 5.74) is 2.22. The van der Waals surface area contributed by atoms with Crippen LogP contribution in [0.3, 0.4) is 0 Å². The van der Waals surface area contributed by atoms with Gasteiger partial charge >= 0.3 is 6.03 Å². The molecule has 1 aliphatic rings. The van der Waals surface area contributed by atoms with Crippen molar-refractivity contribution in [3.8, 4) is 0 Å². The molecule has 7 heteroatoms. The average molecular weight is 371 g/mol. The molecule has 1 saturated heterocycles. The van der Waals surface area contributed by atoms with E-state index in [9.17, 15) is 9.18 Å². The summed E-state index contributed by atoms with van der Waals surface area (Å²) >= 11 is 0. The van der Waals surface area contributed by atoms with Crippen molar-refractivity contribution in [3.05, 3.63) is 53.6 Å². The van der Waals surface area contributed by atoms with Gasteiger partial charge in [-0.05, 0) is 49.9 Å². The Morgan fingerprint density at radius 1 is 1.26 bits per heavy atom. The van der Waals surface area contributed by atoms with Gasteiger partial charge in [0.2, 0.25) is 0 Å². The SMILES string of the molecule is Cc1ccc(NC(=O)Nc2cccc(CCCC3CNCCN3)c2F)cn1. The minimum absolute atomic E-state index is 0.183. The molecule has 27 heavy (non-hydrogen) atoms. The Morgan fingerprint density at radius 3 is 2.89 bits per heavy atom. The van der Waals surface area contributed by atoms with Crippen molar-refractivity contribution in [2.45, 2.75) is 32.2 Å². The molecule has 0 radical (unpaired) electrons. The number of aromatic nitrogens is 1. The van der Waals surface area contributed by atoms with Crippen LogP contribution < -0.4 is 21.3 Å².